The lowest BCUT2D eigenvalue weighted by atomic mass is 10.1. The summed E-state index contributed by atoms with van der Waals surface area (Å²) in [4.78, 5) is 12.1. The number of H-pyrrole nitrogens is 1. The second kappa shape index (κ2) is 6.54. The first-order valence-corrected chi connectivity index (χ1v) is 7.42. The van der Waals surface area contributed by atoms with Gasteiger partial charge in [0.2, 0.25) is 0 Å². The van der Waals surface area contributed by atoms with E-state index < -0.39 is 0 Å². The Morgan fingerprint density at radius 2 is 2.19 bits per heavy atom. The third kappa shape index (κ3) is 3.49. The van der Waals surface area contributed by atoms with Crippen LogP contribution in [0.2, 0.25) is 0 Å². The standard InChI is InChI=1S/C16H20N4O/c21-16(18-9-7-12-6-8-17-11-12)15-10-14(19-20-15)13-4-2-1-3-5-13/h1-5,10,12,17H,6-9,11H2,(H,18,21)(H,19,20). The van der Waals surface area contributed by atoms with Crippen LogP contribution in [0.1, 0.15) is 23.3 Å². The number of aromatic amines is 1. The molecular weight excluding hydrogens is 264 g/mol. The summed E-state index contributed by atoms with van der Waals surface area (Å²) >= 11 is 0. The predicted octanol–water partition coefficient (Wildman–Crippen LogP) is 1.81. The third-order valence-corrected chi connectivity index (χ3v) is 3.89. The van der Waals surface area contributed by atoms with Crippen molar-refractivity contribution in [2.45, 2.75) is 12.8 Å². The van der Waals surface area contributed by atoms with Gasteiger partial charge in [0, 0.05) is 12.1 Å². The van der Waals surface area contributed by atoms with Crippen LogP contribution in [-0.4, -0.2) is 35.7 Å². The number of carbonyl (C=O) groups excluding carboxylic acids is 1. The molecule has 1 unspecified atom stereocenters. The van der Waals surface area contributed by atoms with Crippen LogP contribution in [0.15, 0.2) is 36.4 Å². The van der Waals surface area contributed by atoms with Gasteiger partial charge < -0.3 is 10.6 Å². The van der Waals surface area contributed by atoms with Gasteiger partial charge in [-0.1, -0.05) is 30.3 Å². The van der Waals surface area contributed by atoms with Crippen LogP contribution >= 0.6 is 0 Å². The number of nitrogens with one attached hydrogen (secondary N) is 3. The number of rotatable bonds is 5. The van der Waals surface area contributed by atoms with Crippen molar-refractivity contribution in [2.24, 2.45) is 5.92 Å². The fourth-order valence-electron chi connectivity index (χ4n) is 2.64. The van der Waals surface area contributed by atoms with E-state index in [1.165, 1.54) is 6.42 Å². The van der Waals surface area contributed by atoms with Crippen molar-refractivity contribution >= 4 is 5.91 Å². The Morgan fingerprint density at radius 3 is 2.95 bits per heavy atom. The molecule has 1 aliphatic heterocycles. The van der Waals surface area contributed by atoms with Crippen LogP contribution in [0.4, 0.5) is 0 Å². The molecule has 5 nitrogen and oxygen atoms in total. The summed E-state index contributed by atoms with van der Waals surface area (Å²) in [6.07, 6.45) is 2.23. The number of carbonyl (C=O) groups is 1. The molecule has 1 atom stereocenters. The molecule has 0 aliphatic carbocycles. The number of hydrogen-bond acceptors (Lipinski definition) is 3. The Hall–Kier alpha value is -2.14. The first-order chi connectivity index (χ1) is 10.3. The van der Waals surface area contributed by atoms with Gasteiger partial charge in [-0.05, 0) is 37.9 Å². The number of amides is 1. The fourth-order valence-corrected chi connectivity index (χ4v) is 2.64. The molecule has 3 rings (SSSR count). The van der Waals surface area contributed by atoms with Gasteiger partial charge in [0.15, 0.2) is 0 Å². The molecular formula is C16H20N4O. The molecule has 5 heteroatoms. The Balaban J connectivity index is 1.54. The van der Waals surface area contributed by atoms with E-state index in [0.717, 1.165) is 30.8 Å². The largest absolute Gasteiger partial charge is 0.351 e. The minimum Gasteiger partial charge on any atom is -0.351 e. The minimum atomic E-state index is -0.0874. The van der Waals surface area contributed by atoms with Gasteiger partial charge in [-0.3, -0.25) is 9.89 Å². The Kier molecular flexibility index (Phi) is 4.31. The van der Waals surface area contributed by atoms with E-state index in [-0.39, 0.29) is 5.91 Å². The molecule has 0 saturated carbocycles. The smallest absolute Gasteiger partial charge is 0.269 e. The second-order valence-electron chi connectivity index (χ2n) is 5.44. The van der Waals surface area contributed by atoms with E-state index in [1.54, 1.807) is 6.07 Å². The van der Waals surface area contributed by atoms with Crippen molar-refractivity contribution in [3.8, 4) is 11.3 Å². The minimum absolute atomic E-state index is 0.0874. The summed E-state index contributed by atoms with van der Waals surface area (Å²) in [6, 6.07) is 11.6. The molecule has 1 saturated heterocycles. The van der Waals surface area contributed by atoms with Crippen molar-refractivity contribution in [3.63, 3.8) is 0 Å². The highest BCUT2D eigenvalue weighted by Crippen LogP contribution is 2.17. The van der Waals surface area contributed by atoms with Gasteiger partial charge in [0.25, 0.3) is 5.91 Å². The predicted molar refractivity (Wildman–Crippen MR) is 82.0 cm³/mol. The zero-order valence-corrected chi connectivity index (χ0v) is 11.9. The zero-order chi connectivity index (χ0) is 14.5. The van der Waals surface area contributed by atoms with Gasteiger partial charge >= 0.3 is 0 Å². The van der Waals surface area contributed by atoms with E-state index >= 15 is 0 Å². The van der Waals surface area contributed by atoms with Crippen molar-refractivity contribution in [3.05, 3.63) is 42.1 Å². The number of aromatic nitrogens is 2. The summed E-state index contributed by atoms with van der Waals surface area (Å²) in [7, 11) is 0. The molecule has 0 bridgehead atoms. The quantitative estimate of drug-likeness (QED) is 0.784. The van der Waals surface area contributed by atoms with Crippen molar-refractivity contribution in [2.75, 3.05) is 19.6 Å². The Morgan fingerprint density at radius 1 is 1.33 bits per heavy atom. The number of hydrogen-bond donors (Lipinski definition) is 3. The molecule has 2 heterocycles. The SMILES string of the molecule is O=C(NCCC1CCNC1)c1cc(-c2ccccc2)n[nH]1. The molecule has 1 aromatic heterocycles. The Labute approximate surface area is 124 Å². The van der Waals surface area contributed by atoms with Crippen LogP contribution < -0.4 is 10.6 Å². The van der Waals surface area contributed by atoms with Crippen molar-refractivity contribution in [1.82, 2.24) is 20.8 Å². The van der Waals surface area contributed by atoms with E-state index in [0.29, 0.717) is 18.2 Å². The van der Waals surface area contributed by atoms with E-state index in [9.17, 15) is 4.79 Å². The highest BCUT2D eigenvalue weighted by Gasteiger charge is 2.15. The van der Waals surface area contributed by atoms with Crippen LogP contribution in [0.5, 0.6) is 0 Å². The van der Waals surface area contributed by atoms with Crippen LogP contribution in [0, 0.1) is 5.92 Å². The Bertz CT molecular complexity index is 587. The lowest BCUT2D eigenvalue weighted by molar-refractivity contribution is 0.0946. The normalized spacial score (nSPS) is 17.8. The van der Waals surface area contributed by atoms with Crippen molar-refractivity contribution in [1.29, 1.82) is 0 Å². The zero-order valence-electron chi connectivity index (χ0n) is 11.9. The van der Waals surface area contributed by atoms with Gasteiger partial charge in [-0.2, -0.15) is 5.10 Å². The highest BCUT2D eigenvalue weighted by atomic mass is 16.1. The summed E-state index contributed by atoms with van der Waals surface area (Å²) in [5.74, 6) is 0.600. The fraction of sp³-hybridized carbons (Fsp3) is 0.375. The molecule has 0 spiro atoms. The first kappa shape index (κ1) is 13.8. The molecule has 2 aromatic rings. The average molecular weight is 284 g/mol. The van der Waals surface area contributed by atoms with Crippen LogP contribution in [0.3, 0.4) is 0 Å². The van der Waals surface area contributed by atoms with E-state index in [1.807, 2.05) is 30.3 Å². The van der Waals surface area contributed by atoms with Crippen molar-refractivity contribution < 1.29 is 4.79 Å². The molecule has 1 fully saturated rings. The lowest BCUT2D eigenvalue weighted by Crippen LogP contribution is -2.26. The molecule has 3 N–H and O–H groups in total. The van der Waals surface area contributed by atoms with E-state index in [2.05, 4.69) is 20.8 Å². The van der Waals surface area contributed by atoms with E-state index in [4.69, 9.17) is 0 Å². The maximum absolute atomic E-state index is 12.1. The highest BCUT2D eigenvalue weighted by molar-refractivity contribution is 5.93. The van der Waals surface area contributed by atoms with Gasteiger partial charge in [0.1, 0.15) is 5.69 Å². The topological polar surface area (TPSA) is 69.8 Å². The molecule has 1 aromatic carbocycles. The summed E-state index contributed by atoms with van der Waals surface area (Å²) in [5, 5.41) is 13.3. The molecule has 1 amide bonds. The number of benzene rings is 1. The summed E-state index contributed by atoms with van der Waals surface area (Å²) in [5.41, 5.74) is 2.31. The third-order valence-electron chi connectivity index (χ3n) is 3.89. The molecule has 0 radical (unpaired) electrons. The maximum atomic E-state index is 12.1. The number of nitrogens with zero attached hydrogens (tertiary/aromatic N) is 1. The van der Waals surface area contributed by atoms with Crippen LogP contribution in [-0.2, 0) is 0 Å². The van der Waals surface area contributed by atoms with Crippen LogP contribution in [0.25, 0.3) is 11.3 Å². The maximum Gasteiger partial charge on any atom is 0.269 e. The molecule has 21 heavy (non-hydrogen) atoms. The summed E-state index contributed by atoms with van der Waals surface area (Å²) in [6.45, 7) is 2.88. The van der Waals surface area contributed by atoms with Gasteiger partial charge in [0.05, 0.1) is 5.69 Å². The summed E-state index contributed by atoms with van der Waals surface area (Å²) < 4.78 is 0. The lowest BCUT2D eigenvalue weighted by Gasteiger charge is -2.08. The molecule has 1 aliphatic rings. The monoisotopic (exact) mass is 284 g/mol. The molecule has 110 valence electrons. The average Bonchev–Trinajstić information content (AvgIpc) is 3.20. The van der Waals surface area contributed by atoms with Gasteiger partial charge in [-0.15, -0.1) is 0 Å². The van der Waals surface area contributed by atoms with Gasteiger partial charge in [-0.25, -0.2) is 0 Å². The second-order valence-corrected chi connectivity index (χ2v) is 5.44. The first-order valence-electron chi connectivity index (χ1n) is 7.42.